The Morgan fingerprint density at radius 1 is 0.471 bits per heavy atom. The number of nitrogen functional groups attached to an aromatic ring is 2. The molecule has 34 heavy (non-hydrogen) atoms. The number of aliphatic imine (C=N–C) groups is 2. The van der Waals surface area contributed by atoms with E-state index in [9.17, 15) is 0 Å². The van der Waals surface area contributed by atoms with Gasteiger partial charge in [-0.05, 0) is 35.4 Å². The first-order valence-electron chi connectivity index (χ1n) is 10.9. The van der Waals surface area contributed by atoms with Gasteiger partial charge in [0, 0.05) is 22.5 Å². The van der Waals surface area contributed by atoms with Crippen LogP contribution in [0.15, 0.2) is 119 Å². The monoisotopic (exact) mass is 450 g/mol. The molecule has 4 aromatic rings. The molecule has 0 aliphatic rings. The summed E-state index contributed by atoms with van der Waals surface area (Å²) in [7, 11) is 0. The summed E-state index contributed by atoms with van der Waals surface area (Å²) in [4.78, 5) is 8.68. The van der Waals surface area contributed by atoms with Gasteiger partial charge in [0.25, 0.3) is 0 Å². The highest BCUT2D eigenvalue weighted by Gasteiger charge is 2.02. The molecule has 6 nitrogen and oxygen atoms in total. The van der Waals surface area contributed by atoms with Gasteiger partial charge in [0.15, 0.2) is 0 Å². The number of nitrogens with two attached hydrogens (primary N) is 4. The van der Waals surface area contributed by atoms with Crippen molar-refractivity contribution in [3.8, 4) is 0 Å². The molecule has 0 bridgehead atoms. The van der Waals surface area contributed by atoms with E-state index < -0.39 is 0 Å². The molecule has 0 aromatic heterocycles. The molecule has 8 N–H and O–H groups in total. The molecule has 4 aromatic carbocycles. The second kappa shape index (κ2) is 12.5. The van der Waals surface area contributed by atoms with Gasteiger partial charge in [0.05, 0.1) is 13.1 Å². The summed E-state index contributed by atoms with van der Waals surface area (Å²) in [6.45, 7) is 1.14. The number of hydrogen-bond donors (Lipinski definition) is 4. The van der Waals surface area contributed by atoms with Gasteiger partial charge in [-0.1, -0.05) is 84.9 Å². The number of anilines is 2. The third-order valence-corrected chi connectivity index (χ3v) is 5.02. The molecule has 6 heteroatoms. The minimum atomic E-state index is 0.479. The normalized spacial score (nSPS) is 11.4. The molecule has 0 saturated carbocycles. The van der Waals surface area contributed by atoms with Crippen LogP contribution in [0, 0.1) is 0 Å². The van der Waals surface area contributed by atoms with Crippen LogP contribution in [-0.2, 0) is 13.1 Å². The maximum Gasteiger partial charge on any atom is 0.128 e. The summed E-state index contributed by atoms with van der Waals surface area (Å²) >= 11 is 0. The maximum absolute atomic E-state index is 5.91. The molecule has 0 fully saturated rings. The van der Waals surface area contributed by atoms with Gasteiger partial charge in [0.1, 0.15) is 11.7 Å². The van der Waals surface area contributed by atoms with Crippen molar-refractivity contribution in [1.82, 2.24) is 0 Å². The zero-order valence-corrected chi connectivity index (χ0v) is 19.0. The van der Waals surface area contributed by atoms with Crippen LogP contribution in [0.5, 0.6) is 0 Å². The number of para-hydroxylation sites is 2. The Balaban J connectivity index is 0.000000191. The molecule has 0 amide bonds. The molecule has 0 aliphatic heterocycles. The van der Waals surface area contributed by atoms with Crippen LogP contribution in [0.2, 0.25) is 0 Å². The number of amidine groups is 2. The summed E-state index contributed by atoms with van der Waals surface area (Å²) in [5, 5.41) is 0. The van der Waals surface area contributed by atoms with E-state index in [1.807, 2.05) is 109 Å². The molecule has 0 atom stereocenters. The summed E-state index contributed by atoms with van der Waals surface area (Å²) in [5.41, 5.74) is 28.6. The smallest absolute Gasteiger partial charge is 0.128 e. The van der Waals surface area contributed by atoms with Crippen molar-refractivity contribution < 1.29 is 0 Å². The quantitative estimate of drug-likeness (QED) is 0.198. The summed E-state index contributed by atoms with van der Waals surface area (Å²) in [6, 6.07) is 34.9. The van der Waals surface area contributed by atoms with E-state index in [4.69, 9.17) is 22.9 Å². The molecule has 0 heterocycles. The Labute approximate surface area is 200 Å². The van der Waals surface area contributed by atoms with Crippen LogP contribution in [0.1, 0.15) is 22.3 Å². The molecule has 0 unspecified atom stereocenters. The van der Waals surface area contributed by atoms with Crippen molar-refractivity contribution in [1.29, 1.82) is 0 Å². The molecule has 0 spiro atoms. The SMILES string of the molecule is NC(=NCc1ccccc1)c1ccccc1N.NC(=NCc1ccccc1)c1ccccc1N. The van der Waals surface area contributed by atoms with E-state index in [-0.39, 0.29) is 0 Å². The van der Waals surface area contributed by atoms with Gasteiger partial charge in [-0.3, -0.25) is 9.98 Å². The second-order valence-corrected chi connectivity index (χ2v) is 7.55. The minimum absolute atomic E-state index is 0.479. The summed E-state index contributed by atoms with van der Waals surface area (Å²) in [5.74, 6) is 0.957. The van der Waals surface area contributed by atoms with Gasteiger partial charge in [0.2, 0.25) is 0 Å². The van der Waals surface area contributed by atoms with Crippen molar-refractivity contribution in [2.24, 2.45) is 21.5 Å². The van der Waals surface area contributed by atoms with Gasteiger partial charge in [-0.15, -0.1) is 0 Å². The average Bonchev–Trinajstić information content (AvgIpc) is 2.88. The second-order valence-electron chi connectivity index (χ2n) is 7.55. The maximum atomic E-state index is 5.91. The van der Waals surface area contributed by atoms with E-state index in [0.717, 1.165) is 22.3 Å². The van der Waals surface area contributed by atoms with Crippen molar-refractivity contribution in [3.05, 3.63) is 131 Å². The zero-order valence-electron chi connectivity index (χ0n) is 19.0. The van der Waals surface area contributed by atoms with Crippen molar-refractivity contribution >= 4 is 23.0 Å². The highest BCUT2D eigenvalue weighted by Crippen LogP contribution is 2.12. The summed E-state index contributed by atoms with van der Waals surface area (Å²) in [6.07, 6.45) is 0. The number of rotatable bonds is 6. The topological polar surface area (TPSA) is 129 Å². The highest BCUT2D eigenvalue weighted by molar-refractivity contribution is 6.02. The Kier molecular flexibility index (Phi) is 8.82. The first-order chi connectivity index (χ1) is 16.5. The first-order valence-corrected chi connectivity index (χ1v) is 10.9. The predicted octanol–water partition coefficient (Wildman–Crippen LogP) is 4.35. The number of nitrogens with zero attached hydrogens (tertiary/aromatic N) is 2. The lowest BCUT2D eigenvalue weighted by Crippen LogP contribution is -2.15. The van der Waals surface area contributed by atoms with Gasteiger partial charge in [-0.2, -0.15) is 0 Å². The Morgan fingerprint density at radius 2 is 0.794 bits per heavy atom. The molecular weight excluding hydrogens is 420 g/mol. The Bertz CT molecular complexity index is 1140. The fourth-order valence-corrected chi connectivity index (χ4v) is 3.15. The largest absolute Gasteiger partial charge is 0.398 e. The Hall–Kier alpha value is -4.58. The van der Waals surface area contributed by atoms with E-state index >= 15 is 0 Å². The van der Waals surface area contributed by atoms with E-state index in [0.29, 0.717) is 36.1 Å². The molecule has 0 radical (unpaired) electrons. The molecule has 4 rings (SSSR count). The fourth-order valence-electron chi connectivity index (χ4n) is 3.15. The van der Waals surface area contributed by atoms with Crippen LogP contribution < -0.4 is 22.9 Å². The van der Waals surface area contributed by atoms with Crippen LogP contribution >= 0.6 is 0 Å². The highest BCUT2D eigenvalue weighted by atomic mass is 14.9. The fraction of sp³-hybridized carbons (Fsp3) is 0.0714. The van der Waals surface area contributed by atoms with Gasteiger partial charge in [-0.25, -0.2) is 0 Å². The zero-order chi connectivity index (χ0) is 24.2. The van der Waals surface area contributed by atoms with E-state index in [1.165, 1.54) is 0 Å². The van der Waals surface area contributed by atoms with Crippen LogP contribution in [0.4, 0.5) is 11.4 Å². The Morgan fingerprint density at radius 3 is 1.15 bits per heavy atom. The van der Waals surface area contributed by atoms with Crippen molar-refractivity contribution in [2.75, 3.05) is 11.5 Å². The third-order valence-electron chi connectivity index (χ3n) is 5.02. The minimum Gasteiger partial charge on any atom is -0.398 e. The lowest BCUT2D eigenvalue weighted by atomic mass is 10.1. The first kappa shape index (κ1) is 24.1. The third kappa shape index (κ3) is 7.24. The van der Waals surface area contributed by atoms with Crippen molar-refractivity contribution in [3.63, 3.8) is 0 Å². The molecule has 0 aliphatic carbocycles. The molecular formula is C28H30N6. The van der Waals surface area contributed by atoms with Gasteiger partial charge >= 0.3 is 0 Å². The van der Waals surface area contributed by atoms with Gasteiger partial charge < -0.3 is 22.9 Å². The lowest BCUT2D eigenvalue weighted by Gasteiger charge is -2.04. The molecule has 0 saturated heterocycles. The lowest BCUT2D eigenvalue weighted by molar-refractivity contribution is 1.06. The number of benzene rings is 4. The van der Waals surface area contributed by atoms with Crippen LogP contribution in [-0.4, -0.2) is 11.7 Å². The molecule has 172 valence electrons. The standard InChI is InChI=1S/2C14H15N3/c2*15-13-9-5-4-8-12(13)14(16)17-10-11-6-2-1-3-7-11/h2*1-9H,10,15H2,(H2,16,17). The number of hydrogen-bond acceptors (Lipinski definition) is 4. The van der Waals surface area contributed by atoms with Crippen LogP contribution in [0.25, 0.3) is 0 Å². The average molecular weight is 451 g/mol. The van der Waals surface area contributed by atoms with Crippen molar-refractivity contribution in [2.45, 2.75) is 13.1 Å². The van der Waals surface area contributed by atoms with E-state index in [1.54, 1.807) is 0 Å². The summed E-state index contributed by atoms with van der Waals surface area (Å²) < 4.78 is 0. The van der Waals surface area contributed by atoms with Crippen LogP contribution in [0.3, 0.4) is 0 Å². The van der Waals surface area contributed by atoms with E-state index in [2.05, 4.69) is 9.98 Å². The predicted molar refractivity (Wildman–Crippen MR) is 143 cm³/mol.